The summed E-state index contributed by atoms with van der Waals surface area (Å²) in [4.78, 5) is 14.4. The van der Waals surface area contributed by atoms with Crippen molar-refractivity contribution < 1.29 is 8.42 Å². The summed E-state index contributed by atoms with van der Waals surface area (Å²) in [6.07, 6.45) is 2.01. The Hall–Kier alpha value is -1.99. The highest BCUT2D eigenvalue weighted by atomic mass is 32.2. The lowest BCUT2D eigenvalue weighted by atomic mass is 10.0. The standard InChI is InChI=1S/C17H21N3O3S/c1-12(13-4-6-15(7-5-13)24(3,22)23)20-9-8-16-14(11-20)10-17(21)19(2)18-16/h4-7,10,12H,8-9,11H2,1-3H3/t12-/m1/s1. The van der Waals surface area contributed by atoms with Gasteiger partial charge in [-0.1, -0.05) is 12.1 Å². The van der Waals surface area contributed by atoms with Crippen LogP contribution in [0.3, 0.4) is 0 Å². The minimum absolute atomic E-state index is 0.0965. The lowest BCUT2D eigenvalue weighted by Gasteiger charge is -2.33. The first-order chi connectivity index (χ1) is 11.3. The van der Waals surface area contributed by atoms with E-state index in [0.717, 1.165) is 29.8 Å². The first kappa shape index (κ1) is 16.9. The monoisotopic (exact) mass is 347 g/mol. The fourth-order valence-corrected chi connectivity index (χ4v) is 3.68. The SMILES string of the molecule is C[C@H](c1ccc(S(C)(=O)=O)cc1)N1CCc2nn(C)c(=O)cc2C1. The zero-order chi connectivity index (χ0) is 17.5. The molecule has 0 fully saturated rings. The van der Waals surface area contributed by atoms with Gasteiger partial charge in [-0.2, -0.15) is 5.10 Å². The molecular formula is C17H21N3O3S. The van der Waals surface area contributed by atoms with Gasteiger partial charge in [-0.3, -0.25) is 9.69 Å². The van der Waals surface area contributed by atoms with E-state index in [4.69, 9.17) is 0 Å². The second-order valence-electron chi connectivity index (χ2n) is 6.32. The molecule has 0 amide bonds. The fraction of sp³-hybridized carbons (Fsp3) is 0.412. The molecule has 128 valence electrons. The minimum Gasteiger partial charge on any atom is -0.292 e. The molecule has 0 saturated heterocycles. The van der Waals surface area contributed by atoms with Gasteiger partial charge in [0.2, 0.25) is 0 Å². The molecule has 7 heteroatoms. The van der Waals surface area contributed by atoms with Crippen LogP contribution in [-0.4, -0.2) is 35.9 Å². The first-order valence-corrected chi connectivity index (χ1v) is 9.75. The molecule has 0 spiro atoms. The maximum atomic E-state index is 11.8. The summed E-state index contributed by atoms with van der Waals surface area (Å²) < 4.78 is 24.5. The van der Waals surface area contributed by atoms with Crippen LogP contribution in [0.1, 0.15) is 29.8 Å². The van der Waals surface area contributed by atoms with Gasteiger partial charge in [-0.25, -0.2) is 13.1 Å². The van der Waals surface area contributed by atoms with E-state index in [-0.39, 0.29) is 11.6 Å². The molecule has 24 heavy (non-hydrogen) atoms. The van der Waals surface area contributed by atoms with Gasteiger partial charge in [0, 0.05) is 44.9 Å². The second kappa shape index (κ2) is 6.14. The van der Waals surface area contributed by atoms with Crippen molar-refractivity contribution in [2.24, 2.45) is 7.05 Å². The van der Waals surface area contributed by atoms with E-state index in [1.165, 1.54) is 10.9 Å². The van der Waals surface area contributed by atoms with Gasteiger partial charge in [-0.05, 0) is 30.2 Å². The van der Waals surface area contributed by atoms with E-state index in [2.05, 4.69) is 16.9 Å². The number of rotatable bonds is 3. The average Bonchev–Trinajstić information content (AvgIpc) is 2.54. The second-order valence-corrected chi connectivity index (χ2v) is 8.33. The molecule has 0 aliphatic carbocycles. The smallest absolute Gasteiger partial charge is 0.266 e. The largest absolute Gasteiger partial charge is 0.292 e. The van der Waals surface area contributed by atoms with Crippen molar-refractivity contribution in [1.82, 2.24) is 14.7 Å². The summed E-state index contributed by atoms with van der Waals surface area (Å²) in [6.45, 7) is 3.62. The van der Waals surface area contributed by atoms with Crippen molar-refractivity contribution in [3.63, 3.8) is 0 Å². The number of sulfone groups is 1. The number of aryl methyl sites for hydroxylation is 1. The van der Waals surface area contributed by atoms with Crippen molar-refractivity contribution in [2.75, 3.05) is 12.8 Å². The Morgan fingerprint density at radius 3 is 2.50 bits per heavy atom. The Morgan fingerprint density at radius 1 is 1.21 bits per heavy atom. The summed E-state index contributed by atoms with van der Waals surface area (Å²) in [6, 6.07) is 8.81. The topological polar surface area (TPSA) is 72.3 Å². The van der Waals surface area contributed by atoms with E-state index in [1.54, 1.807) is 25.2 Å². The van der Waals surface area contributed by atoms with Crippen molar-refractivity contribution in [3.8, 4) is 0 Å². The maximum Gasteiger partial charge on any atom is 0.266 e. The quantitative estimate of drug-likeness (QED) is 0.837. The molecule has 0 saturated carbocycles. The van der Waals surface area contributed by atoms with Crippen molar-refractivity contribution >= 4 is 9.84 Å². The zero-order valence-electron chi connectivity index (χ0n) is 14.1. The third-order valence-corrected chi connectivity index (χ3v) is 5.73. The summed E-state index contributed by atoms with van der Waals surface area (Å²) in [5.41, 5.74) is 2.92. The van der Waals surface area contributed by atoms with Gasteiger partial charge in [0.25, 0.3) is 5.56 Å². The molecule has 0 bridgehead atoms. The lowest BCUT2D eigenvalue weighted by molar-refractivity contribution is 0.189. The van der Waals surface area contributed by atoms with E-state index in [0.29, 0.717) is 11.4 Å². The molecule has 1 aliphatic rings. The van der Waals surface area contributed by atoms with Gasteiger partial charge in [0.1, 0.15) is 0 Å². The van der Waals surface area contributed by atoms with E-state index in [9.17, 15) is 13.2 Å². The minimum atomic E-state index is -3.18. The third-order valence-electron chi connectivity index (χ3n) is 4.61. The van der Waals surface area contributed by atoms with Crippen LogP contribution in [0.5, 0.6) is 0 Å². The van der Waals surface area contributed by atoms with Crippen molar-refractivity contribution in [2.45, 2.75) is 30.8 Å². The summed E-state index contributed by atoms with van der Waals surface area (Å²) in [5, 5.41) is 4.33. The van der Waals surface area contributed by atoms with Gasteiger partial charge >= 0.3 is 0 Å². The molecule has 6 nitrogen and oxygen atoms in total. The maximum absolute atomic E-state index is 11.8. The molecule has 0 unspecified atom stereocenters. The van der Waals surface area contributed by atoms with Crippen LogP contribution in [0.25, 0.3) is 0 Å². The molecule has 0 N–H and O–H groups in total. The number of hydrogen-bond acceptors (Lipinski definition) is 5. The molecule has 3 rings (SSSR count). The Morgan fingerprint density at radius 2 is 1.88 bits per heavy atom. The van der Waals surface area contributed by atoms with Gasteiger partial charge < -0.3 is 0 Å². The van der Waals surface area contributed by atoms with Gasteiger partial charge in [0.05, 0.1) is 10.6 Å². The Labute approximate surface area is 141 Å². The summed E-state index contributed by atoms with van der Waals surface area (Å²) in [5.74, 6) is 0. The highest BCUT2D eigenvalue weighted by Gasteiger charge is 2.23. The summed E-state index contributed by atoms with van der Waals surface area (Å²) in [7, 11) is -1.51. The fourth-order valence-electron chi connectivity index (χ4n) is 3.05. The number of hydrogen-bond donors (Lipinski definition) is 0. The normalized spacial score (nSPS) is 16.6. The van der Waals surface area contributed by atoms with Crippen LogP contribution in [0, 0.1) is 0 Å². The van der Waals surface area contributed by atoms with Crippen molar-refractivity contribution in [3.05, 3.63) is 57.5 Å². The molecule has 0 radical (unpaired) electrons. The van der Waals surface area contributed by atoms with Crippen LogP contribution in [0.2, 0.25) is 0 Å². The molecule has 1 aromatic heterocycles. The predicted octanol–water partition coefficient (Wildman–Crippen LogP) is 1.30. The lowest BCUT2D eigenvalue weighted by Crippen LogP contribution is -2.35. The van der Waals surface area contributed by atoms with Crippen LogP contribution in [-0.2, 0) is 29.9 Å². The third kappa shape index (κ3) is 3.27. The van der Waals surface area contributed by atoms with Gasteiger partial charge in [0.15, 0.2) is 9.84 Å². The molecule has 2 aromatic rings. The number of nitrogens with zero attached hydrogens (tertiary/aromatic N) is 3. The van der Waals surface area contributed by atoms with Crippen LogP contribution < -0.4 is 5.56 Å². The molecule has 1 atom stereocenters. The van der Waals surface area contributed by atoms with Gasteiger partial charge in [-0.15, -0.1) is 0 Å². The van der Waals surface area contributed by atoms with Crippen molar-refractivity contribution in [1.29, 1.82) is 0 Å². The molecule has 1 aromatic carbocycles. The van der Waals surface area contributed by atoms with Crippen LogP contribution >= 0.6 is 0 Å². The highest BCUT2D eigenvalue weighted by molar-refractivity contribution is 7.90. The van der Waals surface area contributed by atoms with E-state index >= 15 is 0 Å². The molecule has 2 heterocycles. The number of benzene rings is 1. The summed E-state index contributed by atoms with van der Waals surface area (Å²) >= 11 is 0. The first-order valence-electron chi connectivity index (χ1n) is 7.86. The van der Waals surface area contributed by atoms with Crippen LogP contribution in [0.4, 0.5) is 0 Å². The van der Waals surface area contributed by atoms with E-state index in [1.807, 2.05) is 12.1 Å². The molecule has 1 aliphatic heterocycles. The average molecular weight is 347 g/mol. The Balaban J connectivity index is 1.82. The Bertz CT molecular complexity index is 917. The van der Waals surface area contributed by atoms with Crippen LogP contribution in [0.15, 0.2) is 40.0 Å². The Kier molecular flexibility index (Phi) is 4.31. The van der Waals surface area contributed by atoms with E-state index < -0.39 is 9.84 Å². The predicted molar refractivity (Wildman–Crippen MR) is 91.6 cm³/mol. The number of aromatic nitrogens is 2. The number of fused-ring (bicyclic) bond motifs is 1. The zero-order valence-corrected chi connectivity index (χ0v) is 14.9. The molecular weight excluding hydrogens is 326 g/mol. The highest BCUT2D eigenvalue weighted by Crippen LogP contribution is 2.27.